The number of benzene rings is 1. The number of imide groups is 1. The van der Waals surface area contributed by atoms with E-state index in [9.17, 15) is 9.59 Å². The molecule has 0 bridgehead atoms. The number of hydrogen-bond acceptors (Lipinski definition) is 5. The third-order valence-electron chi connectivity index (χ3n) is 3.31. The third kappa shape index (κ3) is 3.46. The quantitative estimate of drug-likeness (QED) is 0.417. The Morgan fingerprint density at radius 1 is 1.33 bits per heavy atom. The van der Waals surface area contributed by atoms with Crippen LogP contribution in [-0.4, -0.2) is 37.2 Å². The summed E-state index contributed by atoms with van der Waals surface area (Å²) in [4.78, 5) is 24.9. The standard InChI is InChI=1S/C15H19N3O2S/c1-10(17-8-7-16-2)11-3-5-12(6-4-11)18-14(19)9-13(21)15(18)20/h3-6,13,16-17,21H,1,7-9H2,2H3. The van der Waals surface area contributed by atoms with Crippen molar-refractivity contribution in [3.8, 4) is 0 Å². The van der Waals surface area contributed by atoms with Crippen LogP contribution in [0.3, 0.4) is 0 Å². The maximum atomic E-state index is 11.9. The van der Waals surface area contributed by atoms with Gasteiger partial charge in [0.1, 0.15) is 0 Å². The molecule has 0 saturated carbocycles. The van der Waals surface area contributed by atoms with Gasteiger partial charge in [-0.2, -0.15) is 12.6 Å². The number of hydrogen-bond donors (Lipinski definition) is 3. The molecule has 21 heavy (non-hydrogen) atoms. The Hall–Kier alpha value is -1.79. The third-order valence-corrected chi connectivity index (χ3v) is 3.71. The van der Waals surface area contributed by atoms with E-state index in [1.807, 2.05) is 19.2 Å². The molecule has 5 nitrogen and oxygen atoms in total. The van der Waals surface area contributed by atoms with E-state index >= 15 is 0 Å². The molecule has 1 aromatic carbocycles. The second-order valence-electron chi connectivity index (χ2n) is 4.84. The second-order valence-corrected chi connectivity index (χ2v) is 5.47. The van der Waals surface area contributed by atoms with Crippen molar-refractivity contribution in [2.75, 3.05) is 25.0 Å². The molecule has 1 saturated heterocycles. The second kappa shape index (κ2) is 6.78. The molecule has 2 amide bonds. The van der Waals surface area contributed by atoms with E-state index in [1.54, 1.807) is 12.1 Å². The number of carbonyl (C=O) groups excluding carboxylic acids is 2. The zero-order chi connectivity index (χ0) is 15.4. The predicted octanol–water partition coefficient (Wildman–Crippen LogP) is 1.03. The van der Waals surface area contributed by atoms with E-state index in [0.29, 0.717) is 5.69 Å². The fraction of sp³-hybridized carbons (Fsp3) is 0.333. The largest absolute Gasteiger partial charge is 0.384 e. The van der Waals surface area contributed by atoms with Crippen molar-refractivity contribution in [3.05, 3.63) is 36.4 Å². The molecule has 2 rings (SSSR count). The van der Waals surface area contributed by atoms with Crippen LogP contribution >= 0.6 is 12.6 Å². The summed E-state index contributed by atoms with van der Waals surface area (Å²) in [6, 6.07) is 7.19. The van der Waals surface area contributed by atoms with Crippen LogP contribution in [0.5, 0.6) is 0 Å². The average molecular weight is 305 g/mol. The number of nitrogens with one attached hydrogen (secondary N) is 2. The molecule has 0 aromatic heterocycles. The highest BCUT2D eigenvalue weighted by Gasteiger charge is 2.37. The van der Waals surface area contributed by atoms with Crippen LogP contribution < -0.4 is 15.5 Å². The van der Waals surface area contributed by atoms with Gasteiger partial charge < -0.3 is 10.6 Å². The Morgan fingerprint density at radius 2 is 2.00 bits per heavy atom. The van der Waals surface area contributed by atoms with E-state index in [-0.39, 0.29) is 18.2 Å². The highest BCUT2D eigenvalue weighted by Crippen LogP contribution is 2.26. The lowest BCUT2D eigenvalue weighted by Gasteiger charge is -2.15. The average Bonchev–Trinajstić information content (AvgIpc) is 2.72. The van der Waals surface area contributed by atoms with Crippen LogP contribution in [0.1, 0.15) is 12.0 Å². The summed E-state index contributed by atoms with van der Waals surface area (Å²) < 4.78 is 0. The Morgan fingerprint density at radius 3 is 2.52 bits per heavy atom. The molecule has 0 radical (unpaired) electrons. The maximum Gasteiger partial charge on any atom is 0.247 e. The van der Waals surface area contributed by atoms with Crippen molar-refractivity contribution < 1.29 is 9.59 Å². The first kappa shape index (κ1) is 15.6. The van der Waals surface area contributed by atoms with Crippen LogP contribution in [0.15, 0.2) is 30.8 Å². The molecule has 0 spiro atoms. The van der Waals surface area contributed by atoms with Gasteiger partial charge in [-0.3, -0.25) is 9.59 Å². The Kier molecular flexibility index (Phi) is 5.03. The smallest absolute Gasteiger partial charge is 0.247 e. The van der Waals surface area contributed by atoms with Crippen LogP contribution in [0, 0.1) is 0 Å². The van der Waals surface area contributed by atoms with Gasteiger partial charge in [-0.05, 0) is 24.7 Å². The Labute approximate surface area is 129 Å². The van der Waals surface area contributed by atoms with Gasteiger partial charge in [-0.15, -0.1) is 0 Å². The molecule has 1 heterocycles. The lowest BCUT2D eigenvalue weighted by Crippen LogP contribution is -2.30. The van der Waals surface area contributed by atoms with Gasteiger partial charge in [-0.25, -0.2) is 4.90 Å². The number of thiol groups is 1. The van der Waals surface area contributed by atoms with Crippen molar-refractivity contribution >= 4 is 35.8 Å². The van der Waals surface area contributed by atoms with Gasteiger partial charge >= 0.3 is 0 Å². The molecule has 0 aliphatic carbocycles. The number of amides is 2. The SMILES string of the molecule is C=C(NCCNC)c1ccc(N2C(=O)CC(S)C2=O)cc1. The first-order valence-electron chi connectivity index (χ1n) is 6.77. The van der Waals surface area contributed by atoms with E-state index in [4.69, 9.17) is 0 Å². The first-order valence-corrected chi connectivity index (χ1v) is 7.29. The highest BCUT2D eigenvalue weighted by atomic mass is 32.1. The lowest BCUT2D eigenvalue weighted by atomic mass is 10.1. The molecule has 112 valence electrons. The van der Waals surface area contributed by atoms with Crippen LogP contribution in [0.4, 0.5) is 5.69 Å². The fourth-order valence-corrected chi connectivity index (χ4v) is 2.41. The highest BCUT2D eigenvalue weighted by molar-refractivity contribution is 7.82. The monoisotopic (exact) mass is 305 g/mol. The van der Waals surface area contributed by atoms with Gasteiger partial charge in [0, 0.05) is 25.2 Å². The minimum Gasteiger partial charge on any atom is -0.384 e. The minimum absolute atomic E-state index is 0.155. The van der Waals surface area contributed by atoms with E-state index in [2.05, 4.69) is 29.8 Å². The fourth-order valence-electron chi connectivity index (χ4n) is 2.14. The van der Waals surface area contributed by atoms with Crippen molar-refractivity contribution in [1.82, 2.24) is 10.6 Å². The lowest BCUT2D eigenvalue weighted by molar-refractivity contribution is -0.121. The van der Waals surface area contributed by atoms with Gasteiger partial charge in [0.25, 0.3) is 0 Å². The van der Waals surface area contributed by atoms with Gasteiger partial charge in [0.15, 0.2) is 0 Å². The Bertz CT molecular complexity index is 557. The van der Waals surface area contributed by atoms with E-state index < -0.39 is 5.25 Å². The van der Waals surface area contributed by atoms with Gasteiger partial charge in [0.2, 0.25) is 11.8 Å². The molecule has 1 unspecified atom stereocenters. The molecule has 1 fully saturated rings. The minimum atomic E-state index is -0.532. The van der Waals surface area contributed by atoms with Crippen LogP contribution in [0.2, 0.25) is 0 Å². The summed E-state index contributed by atoms with van der Waals surface area (Å²) in [6.45, 7) is 5.59. The number of nitrogens with zero attached hydrogens (tertiary/aromatic N) is 1. The number of rotatable bonds is 6. The molecule has 1 aliphatic heterocycles. The Balaban J connectivity index is 2.07. The summed E-state index contributed by atoms with van der Waals surface area (Å²) in [5.74, 6) is -0.472. The summed E-state index contributed by atoms with van der Waals surface area (Å²) in [5, 5.41) is 5.71. The maximum absolute atomic E-state index is 11.9. The molecular formula is C15H19N3O2S. The summed E-state index contributed by atoms with van der Waals surface area (Å²) in [6.07, 6.45) is 0.155. The zero-order valence-corrected chi connectivity index (χ0v) is 12.8. The van der Waals surface area contributed by atoms with E-state index in [0.717, 1.165) is 24.4 Å². The molecule has 1 aliphatic rings. The van der Waals surface area contributed by atoms with Crippen molar-refractivity contribution in [1.29, 1.82) is 0 Å². The molecule has 1 aromatic rings. The van der Waals surface area contributed by atoms with Crippen LogP contribution in [0.25, 0.3) is 5.70 Å². The van der Waals surface area contributed by atoms with Gasteiger partial charge in [0.05, 0.1) is 10.9 Å². The molecule has 2 N–H and O–H groups in total. The van der Waals surface area contributed by atoms with Gasteiger partial charge in [-0.1, -0.05) is 18.7 Å². The summed E-state index contributed by atoms with van der Waals surface area (Å²) in [7, 11) is 1.89. The van der Waals surface area contributed by atoms with Crippen molar-refractivity contribution in [2.45, 2.75) is 11.7 Å². The molecular weight excluding hydrogens is 286 g/mol. The normalized spacial score (nSPS) is 18.2. The number of carbonyl (C=O) groups is 2. The van der Waals surface area contributed by atoms with Crippen molar-refractivity contribution in [3.63, 3.8) is 0 Å². The van der Waals surface area contributed by atoms with Crippen LogP contribution in [-0.2, 0) is 9.59 Å². The predicted molar refractivity (Wildman–Crippen MR) is 87.3 cm³/mol. The zero-order valence-electron chi connectivity index (χ0n) is 11.9. The number of likely N-dealkylation sites (N-methyl/N-ethyl adjacent to an activating group) is 1. The topological polar surface area (TPSA) is 61.4 Å². The summed E-state index contributed by atoms with van der Waals surface area (Å²) in [5.41, 5.74) is 2.31. The molecule has 1 atom stereocenters. The molecule has 6 heteroatoms. The number of anilines is 1. The summed E-state index contributed by atoms with van der Waals surface area (Å²) >= 11 is 4.11. The first-order chi connectivity index (χ1) is 10.0. The van der Waals surface area contributed by atoms with Crippen molar-refractivity contribution in [2.24, 2.45) is 0 Å². The van der Waals surface area contributed by atoms with E-state index in [1.165, 1.54) is 4.90 Å².